The van der Waals surface area contributed by atoms with Crippen LogP contribution in [0.5, 0.6) is 11.5 Å². The van der Waals surface area contributed by atoms with Crippen LogP contribution in [0.2, 0.25) is 5.02 Å². The van der Waals surface area contributed by atoms with E-state index in [0.717, 1.165) is 0 Å². The first kappa shape index (κ1) is 20.3. The van der Waals surface area contributed by atoms with E-state index in [1.807, 2.05) is 12.1 Å². The number of amides is 2. The molecule has 2 aromatic carbocycles. The smallest absolute Gasteiger partial charge is 0.287 e. The van der Waals surface area contributed by atoms with Gasteiger partial charge in [-0.15, -0.1) is 0 Å². The minimum atomic E-state index is -0.500. The first-order valence-electron chi connectivity index (χ1n) is 8.73. The zero-order chi connectivity index (χ0) is 20.6. The van der Waals surface area contributed by atoms with Gasteiger partial charge in [0, 0.05) is 10.7 Å². The van der Waals surface area contributed by atoms with Crippen molar-refractivity contribution in [2.45, 2.75) is 6.61 Å². The highest BCUT2D eigenvalue weighted by Crippen LogP contribution is 2.26. The van der Waals surface area contributed by atoms with Crippen LogP contribution in [0.4, 0.5) is 5.69 Å². The Morgan fingerprint density at radius 2 is 1.72 bits per heavy atom. The second-order valence-corrected chi connectivity index (χ2v) is 6.38. The van der Waals surface area contributed by atoms with Crippen LogP contribution in [-0.2, 0) is 11.4 Å². The van der Waals surface area contributed by atoms with Gasteiger partial charge in [-0.2, -0.15) is 0 Å². The minimum absolute atomic E-state index is 0.0860. The van der Waals surface area contributed by atoms with Gasteiger partial charge < -0.3 is 24.5 Å². The first-order valence-corrected chi connectivity index (χ1v) is 9.11. The van der Waals surface area contributed by atoms with Crippen LogP contribution in [0.25, 0.3) is 0 Å². The molecule has 0 saturated carbocycles. The lowest BCUT2D eigenvalue weighted by molar-refractivity contribution is -0.115. The number of hydrogen-bond acceptors (Lipinski definition) is 5. The standard InChI is InChI=1S/C21H19ClN2O5/c1-27-17-4-2-3-5-18(17)28-13-16-10-11-19(29-16)21(26)23-12-20(25)24-15-8-6-14(22)7-9-15/h2-11H,12-13H2,1H3,(H,23,26)(H,24,25). The Morgan fingerprint density at radius 3 is 2.45 bits per heavy atom. The molecule has 0 aliphatic rings. The number of hydrogen-bond donors (Lipinski definition) is 2. The van der Waals surface area contributed by atoms with Crippen LogP contribution >= 0.6 is 11.6 Å². The van der Waals surface area contributed by atoms with E-state index >= 15 is 0 Å². The van der Waals surface area contributed by atoms with Crippen LogP contribution < -0.4 is 20.1 Å². The molecule has 0 aliphatic heterocycles. The van der Waals surface area contributed by atoms with Gasteiger partial charge in [0.1, 0.15) is 12.4 Å². The zero-order valence-electron chi connectivity index (χ0n) is 15.6. The van der Waals surface area contributed by atoms with Crippen LogP contribution in [0, 0.1) is 0 Å². The quantitative estimate of drug-likeness (QED) is 0.583. The molecule has 2 N–H and O–H groups in total. The van der Waals surface area contributed by atoms with Crippen molar-refractivity contribution in [2.24, 2.45) is 0 Å². The van der Waals surface area contributed by atoms with Crippen molar-refractivity contribution < 1.29 is 23.5 Å². The predicted octanol–water partition coefficient (Wildman–Crippen LogP) is 3.89. The van der Waals surface area contributed by atoms with E-state index in [1.165, 1.54) is 6.07 Å². The highest BCUT2D eigenvalue weighted by Gasteiger charge is 2.13. The van der Waals surface area contributed by atoms with E-state index in [4.69, 9.17) is 25.5 Å². The van der Waals surface area contributed by atoms with Crippen molar-refractivity contribution >= 4 is 29.1 Å². The van der Waals surface area contributed by atoms with Crippen molar-refractivity contribution in [3.05, 3.63) is 77.2 Å². The maximum Gasteiger partial charge on any atom is 0.287 e. The maximum atomic E-state index is 12.2. The second kappa shape index (κ2) is 9.66. The van der Waals surface area contributed by atoms with Crippen LogP contribution in [-0.4, -0.2) is 25.5 Å². The number of carbonyl (C=O) groups excluding carboxylic acids is 2. The molecule has 0 unspecified atom stereocenters. The van der Waals surface area contributed by atoms with Gasteiger partial charge in [-0.25, -0.2) is 0 Å². The summed E-state index contributed by atoms with van der Waals surface area (Å²) in [4.78, 5) is 24.1. The molecule has 0 spiro atoms. The van der Waals surface area contributed by atoms with Gasteiger partial charge in [-0.3, -0.25) is 9.59 Å². The Labute approximate surface area is 172 Å². The van der Waals surface area contributed by atoms with Crippen LogP contribution in [0.1, 0.15) is 16.3 Å². The fraction of sp³-hybridized carbons (Fsp3) is 0.143. The molecule has 0 saturated heterocycles. The average molecular weight is 415 g/mol. The molecule has 0 bridgehead atoms. The summed E-state index contributed by atoms with van der Waals surface area (Å²) in [6.45, 7) is -0.0695. The number of carbonyl (C=O) groups is 2. The maximum absolute atomic E-state index is 12.2. The molecule has 1 heterocycles. The topological polar surface area (TPSA) is 89.8 Å². The molecule has 0 aliphatic carbocycles. The number of halogens is 1. The number of ether oxygens (including phenoxy) is 2. The van der Waals surface area contributed by atoms with Gasteiger partial charge in [0.2, 0.25) is 5.91 Å². The molecule has 2 amide bonds. The summed E-state index contributed by atoms with van der Waals surface area (Å²) in [6, 6.07) is 17.0. The third-order valence-electron chi connectivity index (χ3n) is 3.86. The minimum Gasteiger partial charge on any atom is -0.493 e. The fourth-order valence-electron chi connectivity index (χ4n) is 2.45. The number of methoxy groups -OCH3 is 1. The van der Waals surface area contributed by atoms with Crippen LogP contribution in [0.3, 0.4) is 0 Å². The Balaban J connectivity index is 1.48. The van der Waals surface area contributed by atoms with Gasteiger partial charge in [-0.05, 0) is 48.5 Å². The molecular weight excluding hydrogens is 396 g/mol. The van der Waals surface area contributed by atoms with Crippen molar-refractivity contribution in [3.8, 4) is 11.5 Å². The molecule has 8 heteroatoms. The van der Waals surface area contributed by atoms with E-state index in [2.05, 4.69) is 10.6 Å². The number of nitrogens with one attached hydrogen (secondary N) is 2. The largest absolute Gasteiger partial charge is 0.493 e. The van der Waals surface area contributed by atoms with Gasteiger partial charge in [0.15, 0.2) is 17.3 Å². The lowest BCUT2D eigenvalue weighted by Gasteiger charge is -2.08. The lowest BCUT2D eigenvalue weighted by atomic mass is 10.3. The molecule has 0 radical (unpaired) electrons. The molecule has 7 nitrogen and oxygen atoms in total. The third kappa shape index (κ3) is 5.76. The highest BCUT2D eigenvalue weighted by molar-refractivity contribution is 6.30. The average Bonchev–Trinajstić information content (AvgIpc) is 3.21. The number of para-hydroxylation sites is 2. The summed E-state index contributed by atoms with van der Waals surface area (Å²) in [5.74, 6) is 0.848. The van der Waals surface area contributed by atoms with Crippen molar-refractivity contribution in [3.63, 3.8) is 0 Å². The molecule has 150 valence electrons. The number of benzene rings is 2. The van der Waals surface area contributed by atoms with Gasteiger partial charge in [0.05, 0.1) is 13.7 Å². The number of rotatable bonds is 8. The van der Waals surface area contributed by atoms with Crippen molar-refractivity contribution in [1.29, 1.82) is 0 Å². The molecule has 29 heavy (non-hydrogen) atoms. The van der Waals surface area contributed by atoms with E-state index < -0.39 is 5.91 Å². The van der Waals surface area contributed by atoms with Gasteiger partial charge >= 0.3 is 0 Å². The lowest BCUT2D eigenvalue weighted by Crippen LogP contribution is -2.32. The van der Waals surface area contributed by atoms with Crippen molar-refractivity contribution in [2.75, 3.05) is 19.0 Å². The molecule has 0 fully saturated rings. The predicted molar refractivity (Wildman–Crippen MR) is 108 cm³/mol. The number of furan rings is 1. The number of anilines is 1. The summed E-state index contributed by atoms with van der Waals surface area (Å²) in [7, 11) is 1.56. The Kier molecular flexibility index (Phi) is 6.76. The Bertz CT molecular complexity index is 985. The first-order chi connectivity index (χ1) is 14.0. The van der Waals surface area contributed by atoms with Crippen molar-refractivity contribution in [1.82, 2.24) is 5.32 Å². The summed E-state index contributed by atoms with van der Waals surface area (Å²) in [6.07, 6.45) is 0. The van der Waals surface area contributed by atoms with Crippen LogP contribution in [0.15, 0.2) is 65.1 Å². The van der Waals surface area contributed by atoms with E-state index in [9.17, 15) is 9.59 Å². The normalized spacial score (nSPS) is 10.3. The Hall–Kier alpha value is -3.45. The second-order valence-electron chi connectivity index (χ2n) is 5.94. The van der Waals surface area contributed by atoms with Gasteiger partial charge in [0.25, 0.3) is 5.91 Å². The van der Waals surface area contributed by atoms with E-state index in [-0.39, 0.29) is 24.8 Å². The third-order valence-corrected chi connectivity index (χ3v) is 4.11. The summed E-state index contributed by atoms with van der Waals surface area (Å²) < 4.78 is 16.4. The fourth-order valence-corrected chi connectivity index (χ4v) is 2.58. The van der Waals surface area contributed by atoms with E-state index in [1.54, 1.807) is 49.6 Å². The Morgan fingerprint density at radius 1 is 1.00 bits per heavy atom. The molecular formula is C21H19ClN2O5. The zero-order valence-corrected chi connectivity index (χ0v) is 16.4. The molecule has 0 atom stereocenters. The summed E-state index contributed by atoms with van der Waals surface area (Å²) >= 11 is 5.80. The summed E-state index contributed by atoms with van der Waals surface area (Å²) in [5, 5.41) is 5.73. The molecule has 3 rings (SSSR count). The monoisotopic (exact) mass is 414 g/mol. The SMILES string of the molecule is COc1ccccc1OCc1ccc(C(=O)NCC(=O)Nc2ccc(Cl)cc2)o1. The highest BCUT2D eigenvalue weighted by atomic mass is 35.5. The van der Waals surface area contributed by atoms with E-state index in [0.29, 0.717) is 28.0 Å². The molecule has 3 aromatic rings. The molecule has 1 aromatic heterocycles. The van der Waals surface area contributed by atoms with Gasteiger partial charge in [-0.1, -0.05) is 23.7 Å². The summed E-state index contributed by atoms with van der Waals surface area (Å²) in [5.41, 5.74) is 0.586.